The highest BCUT2D eigenvalue weighted by atomic mass is 16.3. The first-order chi connectivity index (χ1) is 22.7. The number of hydrogen-bond acceptors (Lipinski definition) is 3. The van der Waals surface area contributed by atoms with Crippen LogP contribution >= 0.6 is 0 Å². The van der Waals surface area contributed by atoms with E-state index in [2.05, 4.69) is 82.7 Å². The third-order valence-corrected chi connectivity index (χ3v) is 8.97. The molecule has 0 fully saturated rings. The fourth-order valence-electron chi connectivity index (χ4n) is 6.57. The van der Waals surface area contributed by atoms with Crippen molar-refractivity contribution >= 4 is 5.91 Å². The van der Waals surface area contributed by atoms with Crippen molar-refractivity contribution in [1.29, 1.82) is 0 Å². The molecule has 1 amide bonds. The van der Waals surface area contributed by atoms with Crippen LogP contribution in [-0.2, 0) is 11.1 Å². The Kier molecular flexibility index (Phi) is 8.93. The van der Waals surface area contributed by atoms with E-state index in [1.807, 2.05) is 107 Å². The number of carbonyl (C=O) groups excluding carboxylic acids is 1. The maximum absolute atomic E-state index is 12.6. The molecule has 0 bridgehead atoms. The van der Waals surface area contributed by atoms with Crippen LogP contribution in [0.3, 0.4) is 0 Å². The van der Waals surface area contributed by atoms with Crippen molar-refractivity contribution in [2.75, 3.05) is 0 Å². The van der Waals surface area contributed by atoms with E-state index in [4.69, 9.17) is 4.98 Å². The molecule has 0 aliphatic rings. The molecule has 47 heavy (non-hydrogen) atoms. The molecule has 0 saturated heterocycles. The van der Waals surface area contributed by atoms with Crippen molar-refractivity contribution in [3.05, 3.63) is 186 Å². The molecule has 6 aromatic rings. The monoisotopic (exact) mass is 619 g/mol. The van der Waals surface area contributed by atoms with Gasteiger partial charge in [0, 0.05) is 17.8 Å². The third kappa shape index (κ3) is 5.91. The van der Waals surface area contributed by atoms with Gasteiger partial charge < -0.3 is 15.0 Å². The topological polar surface area (TPSA) is 67.2 Å². The van der Waals surface area contributed by atoms with Gasteiger partial charge in [-0.2, -0.15) is 0 Å². The molecule has 1 atom stereocenters. The van der Waals surface area contributed by atoms with E-state index in [0.717, 1.165) is 33.4 Å². The van der Waals surface area contributed by atoms with E-state index in [1.54, 1.807) is 0 Å². The SMILES string of the molecule is CC(C)NC(=O)c1cccc(-c2ccc(C(O)(c3cn(C(c4ccccc4)(c4ccccc4)c4ccccc4)cn3)C(C)C)cc2)c1. The van der Waals surface area contributed by atoms with Crippen LogP contribution in [0.1, 0.15) is 66.0 Å². The van der Waals surface area contributed by atoms with E-state index in [-0.39, 0.29) is 17.9 Å². The quantitative estimate of drug-likeness (QED) is 0.151. The number of amides is 1. The first-order valence-corrected chi connectivity index (χ1v) is 16.2. The Hall–Kier alpha value is -5.26. The number of rotatable bonds is 10. The van der Waals surface area contributed by atoms with Crippen LogP contribution in [0.25, 0.3) is 11.1 Å². The number of benzene rings is 5. The number of carbonyl (C=O) groups is 1. The summed E-state index contributed by atoms with van der Waals surface area (Å²) >= 11 is 0. The van der Waals surface area contributed by atoms with E-state index in [0.29, 0.717) is 11.3 Å². The zero-order chi connectivity index (χ0) is 33.0. The van der Waals surface area contributed by atoms with Gasteiger partial charge in [0.15, 0.2) is 0 Å². The lowest BCUT2D eigenvalue weighted by atomic mass is 9.76. The first kappa shape index (κ1) is 31.7. The molecular formula is C42H41N3O2. The lowest BCUT2D eigenvalue weighted by Gasteiger charge is -2.37. The van der Waals surface area contributed by atoms with Gasteiger partial charge in [0.2, 0.25) is 0 Å². The van der Waals surface area contributed by atoms with Gasteiger partial charge >= 0.3 is 0 Å². The highest BCUT2D eigenvalue weighted by Crippen LogP contribution is 2.43. The van der Waals surface area contributed by atoms with Crippen LogP contribution in [0.15, 0.2) is 152 Å². The molecule has 5 nitrogen and oxygen atoms in total. The van der Waals surface area contributed by atoms with Crippen molar-refractivity contribution in [2.24, 2.45) is 5.92 Å². The van der Waals surface area contributed by atoms with Crippen molar-refractivity contribution in [1.82, 2.24) is 14.9 Å². The Balaban J connectivity index is 1.44. The molecule has 0 aliphatic carbocycles. The first-order valence-electron chi connectivity index (χ1n) is 16.2. The van der Waals surface area contributed by atoms with Gasteiger partial charge in [-0.25, -0.2) is 4.98 Å². The second-order valence-electron chi connectivity index (χ2n) is 12.7. The van der Waals surface area contributed by atoms with Crippen molar-refractivity contribution in [3.63, 3.8) is 0 Å². The van der Waals surface area contributed by atoms with Crippen molar-refractivity contribution in [2.45, 2.75) is 44.9 Å². The van der Waals surface area contributed by atoms with E-state index in [1.165, 1.54) is 0 Å². The van der Waals surface area contributed by atoms with Crippen LogP contribution in [0.4, 0.5) is 0 Å². The minimum atomic E-state index is -1.36. The largest absolute Gasteiger partial charge is 0.378 e. The summed E-state index contributed by atoms with van der Waals surface area (Å²) in [6.45, 7) is 7.93. The summed E-state index contributed by atoms with van der Waals surface area (Å²) < 4.78 is 2.14. The Morgan fingerprint density at radius 2 is 1.19 bits per heavy atom. The highest BCUT2D eigenvalue weighted by Gasteiger charge is 2.42. The minimum absolute atomic E-state index is 0.0564. The normalized spacial score (nSPS) is 13.0. The van der Waals surface area contributed by atoms with Gasteiger partial charge in [-0.1, -0.05) is 141 Å². The number of nitrogens with one attached hydrogen (secondary N) is 1. The molecule has 0 radical (unpaired) electrons. The van der Waals surface area contributed by atoms with E-state index in [9.17, 15) is 9.90 Å². The van der Waals surface area contributed by atoms with Gasteiger partial charge in [-0.05, 0) is 65.3 Å². The van der Waals surface area contributed by atoms with E-state index >= 15 is 0 Å². The summed E-state index contributed by atoms with van der Waals surface area (Å²) in [7, 11) is 0. The number of nitrogens with zero attached hydrogens (tertiary/aromatic N) is 2. The Morgan fingerprint density at radius 3 is 1.68 bits per heavy atom. The molecule has 2 N–H and O–H groups in total. The maximum atomic E-state index is 12.6. The summed E-state index contributed by atoms with van der Waals surface area (Å²) in [6.07, 6.45) is 3.84. The molecule has 5 aromatic carbocycles. The summed E-state index contributed by atoms with van der Waals surface area (Å²) in [4.78, 5) is 17.6. The minimum Gasteiger partial charge on any atom is -0.378 e. The number of aliphatic hydroxyl groups is 1. The molecule has 0 saturated carbocycles. The second kappa shape index (κ2) is 13.2. The van der Waals surface area contributed by atoms with Crippen LogP contribution in [-0.4, -0.2) is 26.6 Å². The lowest BCUT2D eigenvalue weighted by molar-refractivity contribution is 0.0278. The Labute approximate surface area is 277 Å². The van der Waals surface area contributed by atoms with Gasteiger partial charge in [0.1, 0.15) is 11.1 Å². The summed E-state index contributed by atoms with van der Waals surface area (Å²) in [6, 6.07) is 46.9. The smallest absolute Gasteiger partial charge is 0.251 e. The second-order valence-corrected chi connectivity index (χ2v) is 12.7. The molecule has 1 heterocycles. The third-order valence-electron chi connectivity index (χ3n) is 8.97. The van der Waals surface area contributed by atoms with Gasteiger partial charge in [-0.3, -0.25) is 4.79 Å². The zero-order valence-electron chi connectivity index (χ0n) is 27.3. The molecule has 6 rings (SSSR count). The standard InChI is InChI=1S/C42H41N3O2/c1-30(2)42(47,38-25-23-32(24-26-38)33-15-14-16-34(27-33)40(46)44-31(3)4)39-28-45(29-43-39)41(35-17-8-5-9-18-35,36-19-10-6-11-20-36)37-21-12-7-13-22-37/h5-31,47H,1-4H3,(H,44,46). The maximum Gasteiger partial charge on any atom is 0.251 e. The highest BCUT2D eigenvalue weighted by molar-refractivity contribution is 5.95. The zero-order valence-corrected chi connectivity index (χ0v) is 27.3. The molecule has 236 valence electrons. The van der Waals surface area contributed by atoms with Gasteiger partial charge in [0.05, 0.1) is 12.0 Å². The average molecular weight is 620 g/mol. The molecule has 1 aromatic heterocycles. The van der Waals surface area contributed by atoms with Crippen molar-refractivity contribution in [3.8, 4) is 11.1 Å². The van der Waals surface area contributed by atoms with Crippen LogP contribution in [0.5, 0.6) is 0 Å². The average Bonchev–Trinajstić information content (AvgIpc) is 3.60. The number of aromatic nitrogens is 2. The Morgan fingerprint density at radius 1 is 0.660 bits per heavy atom. The van der Waals surface area contributed by atoms with Crippen LogP contribution in [0.2, 0.25) is 0 Å². The number of hydrogen-bond donors (Lipinski definition) is 2. The molecule has 0 aliphatic heterocycles. The lowest BCUT2D eigenvalue weighted by Crippen LogP contribution is -2.37. The predicted molar refractivity (Wildman–Crippen MR) is 189 cm³/mol. The molecule has 0 spiro atoms. The fourth-order valence-corrected chi connectivity index (χ4v) is 6.57. The summed E-state index contributed by atoms with van der Waals surface area (Å²) in [5.41, 5.74) is 4.99. The van der Waals surface area contributed by atoms with Gasteiger partial charge in [0.25, 0.3) is 5.91 Å². The van der Waals surface area contributed by atoms with Crippen LogP contribution < -0.4 is 5.32 Å². The van der Waals surface area contributed by atoms with E-state index < -0.39 is 11.1 Å². The van der Waals surface area contributed by atoms with Gasteiger partial charge in [-0.15, -0.1) is 0 Å². The predicted octanol–water partition coefficient (Wildman–Crippen LogP) is 8.42. The molecule has 1 unspecified atom stereocenters. The van der Waals surface area contributed by atoms with Crippen molar-refractivity contribution < 1.29 is 9.90 Å². The fraction of sp³-hybridized carbons (Fsp3) is 0.190. The Bertz CT molecular complexity index is 1830. The number of imidazole rings is 1. The summed E-state index contributed by atoms with van der Waals surface area (Å²) in [5, 5.41) is 15.5. The van der Waals surface area contributed by atoms with Crippen LogP contribution in [0, 0.1) is 5.92 Å². The molecule has 5 heteroatoms. The molecular weight excluding hydrogens is 578 g/mol. The summed E-state index contributed by atoms with van der Waals surface area (Å²) in [5.74, 6) is -0.278.